The summed E-state index contributed by atoms with van der Waals surface area (Å²) in [5.74, 6) is 2.05. The number of piperidine rings is 1. The van der Waals surface area contributed by atoms with E-state index in [-0.39, 0.29) is 0 Å². The van der Waals surface area contributed by atoms with Crippen molar-refractivity contribution in [2.45, 2.75) is 116 Å². The fraction of sp³-hybridized carbons (Fsp3) is 1.00. The summed E-state index contributed by atoms with van der Waals surface area (Å²) in [6.45, 7) is 10.1. The lowest BCUT2D eigenvalue weighted by atomic mass is 9.77. The Morgan fingerprint density at radius 2 is 1.35 bits per heavy atom. The Kier molecular flexibility index (Phi) is 8.44. The van der Waals surface area contributed by atoms with Crippen LogP contribution >= 0.6 is 0 Å². The second kappa shape index (κ2) is 10.1. The Hall–Kier alpha value is -0.0400. The smallest absolute Gasteiger partial charge is 0.0181 e. The molecule has 0 N–H and O–H groups in total. The lowest BCUT2D eigenvalue weighted by Crippen LogP contribution is -2.53. The van der Waals surface area contributed by atoms with Crippen LogP contribution in [-0.4, -0.2) is 23.5 Å². The minimum atomic E-state index is 0.482. The minimum Gasteiger partial charge on any atom is -0.298 e. The van der Waals surface area contributed by atoms with Crippen molar-refractivity contribution in [3.63, 3.8) is 0 Å². The van der Waals surface area contributed by atoms with Crippen LogP contribution in [-0.2, 0) is 0 Å². The lowest BCUT2D eigenvalue weighted by molar-refractivity contribution is 0.00949. The van der Waals surface area contributed by atoms with Crippen molar-refractivity contribution in [2.75, 3.05) is 13.1 Å². The van der Waals surface area contributed by atoms with Gasteiger partial charge in [0.25, 0.3) is 0 Å². The maximum atomic E-state index is 2.94. The third kappa shape index (κ3) is 5.76. The van der Waals surface area contributed by atoms with Crippen LogP contribution in [0.4, 0.5) is 0 Å². The average molecular weight is 322 g/mol. The molecule has 1 aliphatic carbocycles. The number of likely N-dealkylation sites (tertiary alicyclic amines) is 1. The monoisotopic (exact) mass is 321 g/mol. The third-order valence-electron chi connectivity index (χ3n) is 6.94. The Labute approximate surface area is 146 Å². The molecule has 0 bridgehead atoms. The molecule has 23 heavy (non-hydrogen) atoms. The van der Waals surface area contributed by atoms with Crippen LogP contribution in [0.2, 0.25) is 0 Å². The summed E-state index contributed by atoms with van der Waals surface area (Å²) in [7, 11) is 0. The number of unbranched alkanes of at least 4 members (excludes halogenated alkanes) is 2. The van der Waals surface area contributed by atoms with Gasteiger partial charge in [-0.1, -0.05) is 78.1 Å². The number of fused-ring (bicyclic) bond motifs is 1. The van der Waals surface area contributed by atoms with Crippen LogP contribution < -0.4 is 0 Å². The summed E-state index contributed by atoms with van der Waals surface area (Å²) in [5.41, 5.74) is 0.482. The number of hydrogen-bond donors (Lipinski definition) is 0. The summed E-state index contributed by atoms with van der Waals surface area (Å²) in [4.78, 5) is 2.94. The largest absolute Gasteiger partial charge is 0.298 e. The van der Waals surface area contributed by atoms with Gasteiger partial charge in [0.15, 0.2) is 0 Å². The van der Waals surface area contributed by atoms with Crippen LogP contribution in [0.15, 0.2) is 0 Å². The highest BCUT2D eigenvalue weighted by Gasteiger charge is 2.37. The van der Waals surface area contributed by atoms with Crippen molar-refractivity contribution in [3.05, 3.63) is 0 Å². The number of nitrogens with zero attached hydrogens (tertiary/aromatic N) is 1. The molecule has 136 valence electrons. The Balaban J connectivity index is 1.99. The molecule has 1 saturated heterocycles. The van der Waals surface area contributed by atoms with E-state index >= 15 is 0 Å². The van der Waals surface area contributed by atoms with E-state index in [4.69, 9.17) is 0 Å². The molecular weight excluding hydrogens is 278 g/mol. The van der Waals surface area contributed by atoms with Gasteiger partial charge in [-0.3, -0.25) is 4.90 Å². The predicted octanol–water partition coefficient (Wildman–Crippen LogP) is 6.81. The van der Waals surface area contributed by atoms with Crippen LogP contribution in [0, 0.1) is 11.8 Å². The molecule has 1 heterocycles. The zero-order valence-corrected chi connectivity index (χ0v) is 16.4. The maximum Gasteiger partial charge on any atom is 0.0181 e. The number of hydrogen-bond acceptors (Lipinski definition) is 1. The van der Waals surface area contributed by atoms with Gasteiger partial charge in [-0.2, -0.15) is 0 Å². The molecule has 0 aromatic heterocycles. The minimum absolute atomic E-state index is 0.482. The van der Waals surface area contributed by atoms with E-state index in [9.17, 15) is 0 Å². The average Bonchev–Trinajstić information content (AvgIpc) is 2.69. The molecule has 2 aliphatic rings. The SMILES string of the molecule is CCCCC(C)(CCCC)N1CCC2CCCCCCCC2C1. The molecule has 0 amide bonds. The summed E-state index contributed by atoms with van der Waals surface area (Å²) in [5, 5.41) is 0. The zero-order chi connectivity index (χ0) is 16.5. The first-order valence-corrected chi connectivity index (χ1v) is 10.9. The molecule has 1 nitrogen and oxygen atoms in total. The quantitative estimate of drug-likeness (QED) is 0.498. The Morgan fingerprint density at radius 1 is 0.783 bits per heavy atom. The van der Waals surface area contributed by atoms with E-state index < -0.39 is 0 Å². The predicted molar refractivity (Wildman–Crippen MR) is 103 cm³/mol. The molecule has 0 aromatic carbocycles. The molecule has 0 aromatic rings. The molecular formula is C22H43N. The molecule has 0 spiro atoms. The summed E-state index contributed by atoms with van der Waals surface area (Å²) in [6.07, 6.45) is 20.4. The van der Waals surface area contributed by atoms with Gasteiger partial charge in [0.1, 0.15) is 0 Å². The highest BCUT2D eigenvalue weighted by atomic mass is 15.2. The molecule has 2 unspecified atom stereocenters. The second-order valence-corrected chi connectivity index (χ2v) is 8.80. The third-order valence-corrected chi connectivity index (χ3v) is 6.94. The second-order valence-electron chi connectivity index (χ2n) is 8.80. The van der Waals surface area contributed by atoms with E-state index in [1.807, 2.05) is 0 Å². The van der Waals surface area contributed by atoms with Crippen molar-refractivity contribution in [1.29, 1.82) is 0 Å². The van der Waals surface area contributed by atoms with Gasteiger partial charge < -0.3 is 0 Å². The van der Waals surface area contributed by atoms with Gasteiger partial charge in [0.2, 0.25) is 0 Å². The van der Waals surface area contributed by atoms with E-state index in [1.165, 1.54) is 103 Å². The van der Waals surface area contributed by atoms with Crippen LogP contribution in [0.5, 0.6) is 0 Å². The fourth-order valence-corrected chi connectivity index (χ4v) is 5.18. The fourth-order valence-electron chi connectivity index (χ4n) is 5.18. The molecule has 1 heteroatoms. The van der Waals surface area contributed by atoms with Crippen LogP contribution in [0.1, 0.15) is 111 Å². The summed E-state index contributed by atoms with van der Waals surface area (Å²) >= 11 is 0. The van der Waals surface area contributed by atoms with Crippen molar-refractivity contribution < 1.29 is 0 Å². The van der Waals surface area contributed by atoms with Gasteiger partial charge in [0, 0.05) is 12.1 Å². The molecule has 2 rings (SSSR count). The highest BCUT2D eigenvalue weighted by molar-refractivity contribution is 4.92. The van der Waals surface area contributed by atoms with Gasteiger partial charge in [0.05, 0.1) is 0 Å². The normalized spacial score (nSPS) is 27.8. The van der Waals surface area contributed by atoms with Crippen molar-refractivity contribution in [1.82, 2.24) is 4.90 Å². The van der Waals surface area contributed by atoms with Gasteiger partial charge in [-0.05, 0) is 51.0 Å². The Morgan fingerprint density at radius 3 is 1.96 bits per heavy atom. The first-order chi connectivity index (χ1) is 11.2. The van der Waals surface area contributed by atoms with Gasteiger partial charge in [-0.25, -0.2) is 0 Å². The standard InChI is InChI=1S/C22H43N/c1-4-6-16-22(3,17-7-5-2)23-18-15-20-13-11-9-8-10-12-14-21(20)19-23/h20-21H,4-19H2,1-3H3. The van der Waals surface area contributed by atoms with Gasteiger partial charge >= 0.3 is 0 Å². The highest BCUT2D eigenvalue weighted by Crippen LogP contribution is 2.38. The topological polar surface area (TPSA) is 3.24 Å². The first kappa shape index (κ1) is 19.3. The van der Waals surface area contributed by atoms with Crippen LogP contribution in [0.3, 0.4) is 0 Å². The summed E-state index contributed by atoms with van der Waals surface area (Å²) < 4.78 is 0. The van der Waals surface area contributed by atoms with Crippen molar-refractivity contribution in [2.24, 2.45) is 11.8 Å². The molecule has 1 saturated carbocycles. The first-order valence-electron chi connectivity index (χ1n) is 10.9. The molecule has 1 aliphatic heterocycles. The van der Waals surface area contributed by atoms with Gasteiger partial charge in [-0.15, -0.1) is 0 Å². The Bertz CT molecular complexity index is 303. The van der Waals surface area contributed by atoms with Crippen molar-refractivity contribution in [3.8, 4) is 0 Å². The molecule has 0 radical (unpaired) electrons. The summed E-state index contributed by atoms with van der Waals surface area (Å²) in [6, 6.07) is 0. The lowest BCUT2D eigenvalue weighted by Gasteiger charge is -2.49. The van der Waals surface area contributed by atoms with E-state index in [2.05, 4.69) is 25.7 Å². The van der Waals surface area contributed by atoms with Crippen molar-refractivity contribution >= 4 is 0 Å². The number of rotatable bonds is 7. The van der Waals surface area contributed by atoms with E-state index in [0.717, 1.165) is 11.8 Å². The molecule has 2 atom stereocenters. The van der Waals surface area contributed by atoms with Crippen LogP contribution in [0.25, 0.3) is 0 Å². The zero-order valence-electron chi connectivity index (χ0n) is 16.4. The molecule has 2 fully saturated rings. The van der Waals surface area contributed by atoms with E-state index in [1.54, 1.807) is 0 Å². The maximum absolute atomic E-state index is 2.94. The van der Waals surface area contributed by atoms with E-state index in [0.29, 0.717) is 5.54 Å².